The smallest absolute Gasteiger partial charge is 0.320 e. The Morgan fingerprint density at radius 1 is 1.15 bits per heavy atom. The molecular weight excluding hydrogens is 457 g/mol. The molecule has 0 atom stereocenters. The second kappa shape index (κ2) is 7.53. The highest BCUT2D eigenvalue weighted by Crippen LogP contribution is 2.60. The van der Waals surface area contributed by atoms with E-state index in [2.05, 4.69) is 21.0 Å². The molecule has 7 nitrogen and oxygen atoms in total. The van der Waals surface area contributed by atoms with Crippen LogP contribution in [0.15, 0.2) is 63.0 Å². The van der Waals surface area contributed by atoms with Gasteiger partial charge in [0.1, 0.15) is 0 Å². The lowest BCUT2D eigenvalue weighted by molar-refractivity contribution is 0.0557. The summed E-state index contributed by atoms with van der Waals surface area (Å²) >= 11 is 2.82. The number of benzene rings is 2. The van der Waals surface area contributed by atoms with Crippen molar-refractivity contribution in [3.63, 3.8) is 0 Å². The van der Waals surface area contributed by atoms with Crippen molar-refractivity contribution < 1.29 is 31.6 Å². The van der Waals surface area contributed by atoms with Crippen molar-refractivity contribution in [2.45, 2.75) is 10.6 Å². The standard InChI is InChI=1S/C14H12BrF2N2O5PS/c15-13-8-10(6-7-12(13)14(16,17)25(20,21)22)9-18-19-26(23,24)11-4-2-1-3-5-11/h1-9,19H,(H2,20,21,22). The maximum absolute atomic E-state index is 13.7. The van der Waals surface area contributed by atoms with Gasteiger partial charge in [0.15, 0.2) is 0 Å². The molecule has 0 aliphatic rings. The van der Waals surface area contributed by atoms with Crippen LogP contribution in [0.4, 0.5) is 8.78 Å². The maximum atomic E-state index is 13.7. The van der Waals surface area contributed by atoms with Crippen LogP contribution in [-0.2, 0) is 20.3 Å². The highest BCUT2D eigenvalue weighted by atomic mass is 79.9. The van der Waals surface area contributed by atoms with Crippen molar-refractivity contribution in [1.82, 2.24) is 4.83 Å². The van der Waals surface area contributed by atoms with Gasteiger partial charge in [-0.05, 0) is 23.8 Å². The molecule has 2 aromatic carbocycles. The number of hydrazone groups is 1. The first-order valence-corrected chi connectivity index (χ1v) is 10.7. The van der Waals surface area contributed by atoms with Gasteiger partial charge < -0.3 is 9.79 Å². The van der Waals surface area contributed by atoms with Gasteiger partial charge in [-0.1, -0.05) is 46.3 Å². The first kappa shape index (κ1) is 20.7. The zero-order valence-electron chi connectivity index (χ0n) is 12.8. The van der Waals surface area contributed by atoms with Crippen molar-refractivity contribution in [2.75, 3.05) is 0 Å². The Morgan fingerprint density at radius 3 is 2.31 bits per heavy atom. The monoisotopic (exact) mass is 468 g/mol. The van der Waals surface area contributed by atoms with Gasteiger partial charge >= 0.3 is 13.3 Å². The average Bonchev–Trinajstić information content (AvgIpc) is 2.54. The molecule has 0 unspecified atom stereocenters. The van der Waals surface area contributed by atoms with Crippen molar-refractivity contribution in [3.8, 4) is 0 Å². The van der Waals surface area contributed by atoms with Crippen LogP contribution in [0.25, 0.3) is 0 Å². The SMILES string of the molecule is O=P(O)(O)C(F)(F)c1ccc(C=NNS(=O)(=O)c2ccccc2)cc1Br. The molecule has 0 saturated carbocycles. The van der Waals surface area contributed by atoms with Gasteiger partial charge in [-0.25, -0.2) is 4.83 Å². The van der Waals surface area contributed by atoms with Crippen molar-refractivity contribution in [1.29, 1.82) is 0 Å². The number of nitrogens with one attached hydrogen (secondary N) is 1. The van der Waals surface area contributed by atoms with Crippen LogP contribution in [0.5, 0.6) is 0 Å². The fourth-order valence-electron chi connectivity index (χ4n) is 1.84. The third-order valence-corrected chi connectivity index (χ3v) is 5.99. The molecule has 2 rings (SSSR count). The number of rotatable bonds is 6. The molecule has 0 spiro atoms. The second-order valence-corrected chi connectivity index (χ2v) is 9.16. The first-order chi connectivity index (χ1) is 11.9. The number of alkyl halides is 2. The van der Waals surface area contributed by atoms with Crippen molar-refractivity contribution in [2.24, 2.45) is 5.10 Å². The van der Waals surface area contributed by atoms with Crippen molar-refractivity contribution >= 4 is 39.8 Å². The van der Waals surface area contributed by atoms with E-state index in [9.17, 15) is 21.8 Å². The molecular formula is C14H12BrF2N2O5PS. The zero-order valence-corrected chi connectivity index (χ0v) is 16.0. The third kappa shape index (κ3) is 4.54. The number of sulfonamides is 1. The molecule has 0 fully saturated rings. The van der Waals surface area contributed by atoms with E-state index in [1.807, 2.05) is 4.83 Å². The summed E-state index contributed by atoms with van der Waals surface area (Å²) in [5.41, 5.74) is -5.04. The normalized spacial score (nSPS) is 13.1. The van der Waals surface area contributed by atoms with Crippen LogP contribution < -0.4 is 4.83 Å². The van der Waals surface area contributed by atoms with E-state index in [4.69, 9.17) is 9.79 Å². The molecule has 0 aliphatic carbocycles. The fraction of sp³-hybridized carbons (Fsp3) is 0.0714. The van der Waals surface area contributed by atoms with E-state index >= 15 is 0 Å². The maximum Gasteiger partial charge on any atom is 0.399 e. The second-order valence-electron chi connectivity index (χ2n) is 4.99. The number of nitrogens with zero attached hydrogens (tertiary/aromatic N) is 1. The van der Waals surface area contributed by atoms with Gasteiger partial charge in [0, 0.05) is 10.0 Å². The highest BCUT2D eigenvalue weighted by molar-refractivity contribution is 9.10. The van der Waals surface area contributed by atoms with Crippen LogP contribution in [0.2, 0.25) is 0 Å². The number of halogens is 3. The van der Waals surface area contributed by atoms with Crippen molar-refractivity contribution in [3.05, 3.63) is 64.1 Å². The van der Waals surface area contributed by atoms with E-state index in [1.54, 1.807) is 6.07 Å². The van der Waals surface area contributed by atoms with Gasteiger partial charge in [0.2, 0.25) is 0 Å². The van der Waals surface area contributed by atoms with Crippen LogP contribution in [0, 0.1) is 0 Å². The zero-order chi connectivity index (χ0) is 19.6. The molecule has 0 radical (unpaired) electrons. The molecule has 140 valence electrons. The molecule has 26 heavy (non-hydrogen) atoms. The lowest BCUT2D eigenvalue weighted by Gasteiger charge is -2.19. The highest BCUT2D eigenvalue weighted by Gasteiger charge is 2.51. The van der Waals surface area contributed by atoms with Crippen LogP contribution in [0.3, 0.4) is 0 Å². The summed E-state index contributed by atoms with van der Waals surface area (Å²) in [6.45, 7) is 0. The Labute approximate surface area is 156 Å². The largest absolute Gasteiger partial charge is 0.399 e. The Kier molecular flexibility index (Phi) is 5.99. The van der Waals surface area contributed by atoms with Gasteiger partial charge in [0.25, 0.3) is 10.0 Å². The summed E-state index contributed by atoms with van der Waals surface area (Å²) in [6.07, 6.45) is 1.06. The topological polar surface area (TPSA) is 116 Å². The summed E-state index contributed by atoms with van der Waals surface area (Å²) in [7, 11) is -9.57. The molecule has 0 amide bonds. The lowest BCUT2D eigenvalue weighted by atomic mass is 10.1. The van der Waals surface area contributed by atoms with Gasteiger partial charge in [-0.3, -0.25) is 4.57 Å². The molecule has 0 bridgehead atoms. The molecule has 2 aromatic rings. The minimum absolute atomic E-state index is 0.00466. The Morgan fingerprint density at radius 2 is 1.77 bits per heavy atom. The van der Waals surface area contributed by atoms with Crippen LogP contribution in [-0.4, -0.2) is 24.4 Å². The van der Waals surface area contributed by atoms with Gasteiger partial charge in [-0.2, -0.15) is 22.3 Å². The summed E-state index contributed by atoms with van der Waals surface area (Å²) in [6, 6.07) is 10.5. The number of hydrogen-bond donors (Lipinski definition) is 3. The predicted molar refractivity (Wildman–Crippen MR) is 94.4 cm³/mol. The summed E-state index contributed by atoms with van der Waals surface area (Å²) in [5, 5.41) is 3.55. The Hall–Kier alpha value is -1.65. The van der Waals surface area contributed by atoms with Crippen LogP contribution >= 0.6 is 23.5 Å². The van der Waals surface area contributed by atoms with Crippen LogP contribution in [0.1, 0.15) is 11.1 Å². The third-order valence-electron chi connectivity index (χ3n) is 3.12. The molecule has 0 aliphatic heterocycles. The lowest BCUT2D eigenvalue weighted by Crippen LogP contribution is -2.18. The van der Waals surface area contributed by atoms with E-state index in [0.29, 0.717) is 0 Å². The van der Waals surface area contributed by atoms with E-state index < -0.39 is 28.8 Å². The molecule has 3 N–H and O–H groups in total. The minimum Gasteiger partial charge on any atom is -0.320 e. The molecule has 12 heteroatoms. The molecule has 0 saturated heterocycles. The summed E-state index contributed by atoms with van der Waals surface area (Å²) in [5.74, 6) is 0. The van der Waals surface area contributed by atoms with E-state index in [-0.39, 0.29) is 14.9 Å². The summed E-state index contributed by atoms with van der Waals surface area (Å²) in [4.78, 5) is 19.5. The Bertz CT molecular complexity index is 980. The van der Waals surface area contributed by atoms with E-state index in [0.717, 1.165) is 24.4 Å². The van der Waals surface area contributed by atoms with Gasteiger partial charge in [-0.15, -0.1) is 0 Å². The number of hydrogen-bond acceptors (Lipinski definition) is 4. The first-order valence-electron chi connectivity index (χ1n) is 6.78. The minimum atomic E-state index is -5.70. The molecule has 0 aromatic heterocycles. The summed E-state index contributed by atoms with van der Waals surface area (Å²) < 4.78 is 62.1. The predicted octanol–water partition coefficient (Wildman–Crippen LogP) is 2.99. The Balaban J connectivity index is 2.21. The van der Waals surface area contributed by atoms with Gasteiger partial charge in [0.05, 0.1) is 11.1 Å². The van der Waals surface area contributed by atoms with E-state index in [1.165, 1.54) is 24.3 Å². The fourth-order valence-corrected chi connectivity index (χ4v) is 3.95. The average molecular weight is 469 g/mol. The quantitative estimate of drug-likeness (QED) is 0.342. The molecule has 0 heterocycles.